The molecule has 50 valence electrons. The lowest BCUT2D eigenvalue weighted by Crippen LogP contribution is -2.03. The van der Waals surface area contributed by atoms with Gasteiger partial charge in [-0.2, -0.15) is 5.10 Å². The van der Waals surface area contributed by atoms with Crippen LogP contribution in [-0.2, 0) is 0 Å². The van der Waals surface area contributed by atoms with Crippen LogP contribution in [0.4, 0.5) is 5.82 Å². The summed E-state index contributed by atoms with van der Waals surface area (Å²) in [6.07, 6.45) is 3.25. The summed E-state index contributed by atoms with van der Waals surface area (Å²) >= 11 is 0. The summed E-state index contributed by atoms with van der Waals surface area (Å²) < 4.78 is 5.17. The summed E-state index contributed by atoms with van der Waals surface area (Å²) in [6, 6.07) is 1.75. The Morgan fingerprint density at radius 3 is 3.40 bits per heavy atom. The van der Waals surface area contributed by atoms with Crippen LogP contribution in [0.15, 0.2) is 17.3 Å². The fourth-order valence-corrected chi connectivity index (χ4v) is 0.766. The summed E-state index contributed by atoms with van der Waals surface area (Å²) in [6.45, 7) is 0.526. The van der Waals surface area contributed by atoms with Gasteiger partial charge in [0.05, 0.1) is 6.20 Å². The first-order chi connectivity index (χ1) is 4.97. The van der Waals surface area contributed by atoms with Gasteiger partial charge in [0.15, 0.2) is 5.75 Å². The van der Waals surface area contributed by atoms with Gasteiger partial charge in [0.1, 0.15) is 6.61 Å². The fourth-order valence-electron chi connectivity index (χ4n) is 0.766. The number of aliphatic imine (C=N–C) groups is 1. The minimum atomic E-state index is 0.526. The first-order valence-electron chi connectivity index (χ1n) is 2.94. The third kappa shape index (κ3) is 0.737. The van der Waals surface area contributed by atoms with E-state index in [1.54, 1.807) is 18.5 Å². The Morgan fingerprint density at radius 1 is 1.50 bits per heavy atom. The molecule has 0 spiro atoms. The molecule has 4 heteroatoms. The maximum atomic E-state index is 5.17. The van der Waals surface area contributed by atoms with Crippen molar-refractivity contribution in [2.75, 3.05) is 6.61 Å². The zero-order valence-electron chi connectivity index (χ0n) is 5.19. The van der Waals surface area contributed by atoms with Gasteiger partial charge in [0, 0.05) is 12.3 Å². The van der Waals surface area contributed by atoms with Crippen molar-refractivity contribution >= 4 is 12.0 Å². The van der Waals surface area contributed by atoms with Crippen molar-refractivity contribution in [3.05, 3.63) is 12.3 Å². The van der Waals surface area contributed by atoms with E-state index in [0.29, 0.717) is 18.2 Å². The molecule has 0 aliphatic carbocycles. The molecule has 2 rings (SSSR count). The first-order valence-corrected chi connectivity index (χ1v) is 2.94. The molecule has 0 saturated heterocycles. The van der Waals surface area contributed by atoms with Gasteiger partial charge in [0.2, 0.25) is 5.82 Å². The third-order valence-corrected chi connectivity index (χ3v) is 1.19. The topological polar surface area (TPSA) is 47.4 Å². The molecule has 0 atom stereocenters. The average molecular weight is 135 g/mol. The predicted molar refractivity (Wildman–Crippen MR) is 35.7 cm³/mol. The van der Waals surface area contributed by atoms with Gasteiger partial charge in [-0.1, -0.05) is 0 Å². The SMILES string of the molecule is C1=Nc2nnccc2OC1. The van der Waals surface area contributed by atoms with E-state index in [0.717, 1.165) is 0 Å². The van der Waals surface area contributed by atoms with Crippen molar-refractivity contribution in [3.63, 3.8) is 0 Å². The van der Waals surface area contributed by atoms with Crippen LogP contribution >= 0.6 is 0 Å². The normalized spacial score (nSPS) is 14.0. The van der Waals surface area contributed by atoms with Crippen LogP contribution in [0.1, 0.15) is 0 Å². The average Bonchev–Trinajstić information content (AvgIpc) is 2.05. The zero-order chi connectivity index (χ0) is 6.81. The van der Waals surface area contributed by atoms with E-state index in [-0.39, 0.29) is 0 Å². The molecule has 1 aliphatic heterocycles. The van der Waals surface area contributed by atoms with Gasteiger partial charge in [0.25, 0.3) is 0 Å². The zero-order valence-corrected chi connectivity index (χ0v) is 5.19. The number of rotatable bonds is 0. The number of fused-ring (bicyclic) bond motifs is 1. The van der Waals surface area contributed by atoms with Crippen molar-refractivity contribution in [1.82, 2.24) is 10.2 Å². The molecular weight excluding hydrogens is 130 g/mol. The second kappa shape index (κ2) is 2.06. The van der Waals surface area contributed by atoms with Gasteiger partial charge in [-0.15, -0.1) is 5.10 Å². The summed E-state index contributed by atoms with van der Waals surface area (Å²) in [7, 11) is 0. The minimum Gasteiger partial charge on any atom is -0.484 e. The molecular formula is C6H5N3O. The number of hydrogen-bond acceptors (Lipinski definition) is 4. The maximum absolute atomic E-state index is 5.17. The first kappa shape index (κ1) is 5.34. The highest BCUT2D eigenvalue weighted by molar-refractivity contribution is 5.68. The predicted octanol–water partition coefficient (Wildman–Crippen LogP) is 0.571. The van der Waals surface area contributed by atoms with E-state index in [2.05, 4.69) is 15.2 Å². The van der Waals surface area contributed by atoms with Crippen molar-refractivity contribution in [1.29, 1.82) is 0 Å². The molecule has 0 saturated carbocycles. The summed E-state index contributed by atoms with van der Waals surface area (Å²) in [5.74, 6) is 1.27. The van der Waals surface area contributed by atoms with Crippen LogP contribution < -0.4 is 4.74 Å². The third-order valence-electron chi connectivity index (χ3n) is 1.19. The lowest BCUT2D eigenvalue weighted by atomic mass is 10.4. The van der Waals surface area contributed by atoms with Crippen molar-refractivity contribution < 1.29 is 4.74 Å². The maximum Gasteiger partial charge on any atom is 0.216 e. The fraction of sp³-hybridized carbons (Fsp3) is 0.167. The van der Waals surface area contributed by atoms with Gasteiger partial charge in [-0.25, -0.2) is 4.99 Å². The Kier molecular flexibility index (Phi) is 1.10. The van der Waals surface area contributed by atoms with E-state index >= 15 is 0 Å². The molecule has 0 amide bonds. The Labute approximate surface area is 57.6 Å². The second-order valence-corrected chi connectivity index (χ2v) is 1.84. The van der Waals surface area contributed by atoms with Crippen molar-refractivity contribution in [3.8, 4) is 5.75 Å². The summed E-state index contributed by atoms with van der Waals surface area (Å²) in [5, 5.41) is 7.40. The molecule has 0 unspecified atom stereocenters. The van der Waals surface area contributed by atoms with E-state index in [4.69, 9.17) is 4.74 Å². The molecule has 2 heterocycles. The standard InChI is InChI=1S/C6H5N3O/c1-2-8-9-6-5(1)10-4-3-7-6/h1-3H,4H2. The molecule has 0 aromatic carbocycles. The molecule has 0 fully saturated rings. The molecule has 0 bridgehead atoms. The number of aromatic nitrogens is 2. The lowest BCUT2D eigenvalue weighted by molar-refractivity contribution is 0.374. The van der Waals surface area contributed by atoms with Gasteiger partial charge in [-0.05, 0) is 0 Å². The largest absolute Gasteiger partial charge is 0.484 e. The van der Waals surface area contributed by atoms with Crippen molar-refractivity contribution in [2.24, 2.45) is 4.99 Å². The van der Waals surface area contributed by atoms with Gasteiger partial charge in [-0.3, -0.25) is 0 Å². The number of nitrogens with zero attached hydrogens (tertiary/aromatic N) is 3. The summed E-state index contributed by atoms with van der Waals surface area (Å²) in [5.41, 5.74) is 0. The highest BCUT2D eigenvalue weighted by Gasteiger charge is 2.05. The van der Waals surface area contributed by atoms with E-state index in [1.807, 2.05) is 0 Å². The van der Waals surface area contributed by atoms with Crippen LogP contribution in [0.2, 0.25) is 0 Å². The van der Waals surface area contributed by atoms with Crippen LogP contribution in [0, 0.1) is 0 Å². The number of ether oxygens (including phenoxy) is 1. The van der Waals surface area contributed by atoms with E-state index < -0.39 is 0 Å². The Balaban J connectivity index is 2.54. The minimum absolute atomic E-state index is 0.526. The van der Waals surface area contributed by atoms with E-state index in [1.165, 1.54) is 0 Å². The molecule has 0 radical (unpaired) electrons. The molecule has 10 heavy (non-hydrogen) atoms. The Hall–Kier alpha value is -1.45. The van der Waals surface area contributed by atoms with Crippen LogP contribution in [0.3, 0.4) is 0 Å². The Morgan fingerprint density at radius 2 is 2.50 bits per heavy atom. The van der Waals surface area contributed by atoms with Crippen LogP contribution in [0.25, 0.3) is 0 Å². The molecule has 1 aromatic heterocycles. The van der Waals surface area contributed by atoms with Gasteiger partial charge < -0.3 is 4.74 Å². The summed E-state index contributed by atoms with van der Waals surface area (Å²) in [4.78, 5) is 3.97. The number of hydrogen-bond donors (Lipinski definition) is 0. The lowest BCUT2D eigenvalue weighted by Gasteiger charge is -2.07. The molecule has 4 nitrogen and oxygen atoms in total. The van der Waals surface area contributed by atoms with Gasteiger partial charge >= 0.3 is 0 Å². The quantitative estimate of drug-likeness (QED) is 0.522. The molecule has 1 aromatic rings. The van der Waals surface area contributed by atoms with Crippen LogP contribution in [0.5, 0.6) is 5.75 Å². The van der Waals surface area contributed by atoms with Crippen molar-refractivity contribution in [2.45, 2.75) is 0 Å². The highest BCUT2D eigenvalue weighted by atomic mass is 16.5. The second-order valence-electron chi connectivity index (χ2n) is 1.84. The molecule has 1 aliphatic rings. The van der Waals surface area contributed by atoms with E-state index in [9.17, 15) is 0 Å². The van der Waals surface area contributed by atoms with Crippen LogP contribution in [-0.4, -0.2) is 23.0 Å². The molecule has 0 N–H and O–H groups in total. The highest BCUT2D eigenvalue weighted by Crippen LogP contribution is 2.24. The Bertz CT molecular complexity index is 271. The monoisotopic (exact) mass is 135 g/mol. The smallest absolute Gasteiger partial charge is 0.216 e.